The second kappa shape index (κ2) is 4.91. The van der Waals surface area contributed by atoms with Gasteiger partial charge in [0.05, 0.1) is 18.9 Å². The van der Waals surface area contributed by atoms with Crippen LogP contribution in [0.3, 0.4) is 0 Å². The number of hydrogen-bond donors (Lipinski definition) is 2. The Hall–Kier alpha value is -1.31. The maximum atomic E-state index is 12.0. The van der Waals surface area contributed by atoms with Gasteiger partial charge in [0.1, 0.15) is 5.75 Å². The number of morpholine rings is 1. The molecule has 2 rings (SSSR count). The second-order valence-electron chi connectivity index (χ2n) is 3.64. The molecule has 0 aromatic heterocycles. The van der Waals surface area contributed by atoms with E-state index in [9.17, 15) is 13.5 Å². The maximum absolute atomic E-state index is 12.0. The summed E-state index contributed by atoms with van der Waals surface area (Å²) in [6.45, 7) is 1.43. The van der Waals surface area contributed by atoms with E-state index in [2.05, 4.69) is 4.72 Å². The number of ether oxygens (including phenoxy) is 1. The number of aromatic hydroxyl groups is 1. The number of nitrogens with zero attached hydrogens (tertiary/aromatic N) is 1. The third kappa shape index (κ3) is 2.87. The van der Waals surface area contributed by atoms with Gasteiger partial charge < -0.3 is 9.84 Å². The van der Waals surface area contributed by atoms with Gasteiger partial charge in [-0.15, -0.1) is 0 Å². The van der Waals surface area contributed by atoms with E-state index in [4.69, 9.17) is 4.74 Å². The molecule has 1 aliphatic heterocycles. The van der Waals surface area contributed by atoms with Crippen LogP contribution in [0.15, 0.2) is 24.3 Å². The van der Waals surface area contributed by atoms with Gasteiger partial charge in [0.25, 0.3) is 0 Å². The van der Waals surface area contributed by atoms with Crippen molar-refractivity contribution in [2.24, 2.45) is 0 Å². The minimum atomic E-state index is -3.62. The van der Waals surface area contributed by atoms with Crippen LogP contribution in [-0.4, -0.2) is 44.1 Å². The first-order valence-electron chi connectivity index (χ1n) is 5.23. The molecule has 1 saturated heterocycles. The van der Waals surface area contributed by atoms with E-state index in [1.165, 1.54) is 16.4 Å². The molecule has 0 aliphatic carbocycles. The number of phenols is 1. The number of rotatable bonds is 3. The third-order valence-electron chi connectivity index (χ3n) is 2.45. The fourth-order valence-corrected chi connectivity index (χ4v) is 2.76. The highest BCUT2D eigenvalue weighted by Gasteiger charge is 2.24. The Morgan fingerprint density at radius 1 is 1.24 bits per heavy atom. The standard InChI is InChI=1S/C10H14N2O4S/c13-10-4-2-1-3-9(10)11-17(14,15)12-5-7-16-8-6-12/h1-4,11,13H,5-8H2. The molecule has 7 heteroatoms. The minimum absolute atomic E-state index is 0.0932. The molecule has 0 bridgehead atoms. The molecule has 1 heterocycles. The summed E-state index contributed by atoms with van der Waals surface area (Å²) in [5.41, 5.74) is 0.180. The highest BCUT2D eigenvalue weighted by Crippen LogP contribution is 2.23. The van der Waals surface area contributed by atoms with Crippen LogP contribution in [0, 0.1) is 0 Å². The highest BCUT2D eigenvalue weighted by atomic mass is 32.2. The smallest absolute Gasteiger partial charge is 0.301 e. The second-order valence-corrected chi connectivity index (χ2v) is 5.31. The Morgan fingerprint density at radius 3 is 2.53 bits per heavy atom. The van der Waals surface area contributed by atoms with E-state index < -0.39 is 10.2 Å². The molecule has 17 heavy (non-hydrogen) atoms. The summed E-state index contributed by atoms with van der Waals surface area (Å²) in [6.07, 6.45) is 0. The fraction of sp³-hybridized carbons (Fsp3) is 0.400. The summed E-state index contributed by atoms with van der Waals surface area (Å²) in [5, 5.41) is 9.50. The van der Waals surface area contributed by atoms with Crippen LogP contribution < -0.4 is 4.72 Å². The average molecular weight is 258 g/mol. The summed E-state index contributed by atoms with van der Waals surface area (Å²) < 4.78 is 32.6. The van der Waals surface area contributed by atoms with Crippen LogP contribution >= 0.6 is 0 Å². The Bertz CT molecular complexity index is 483. The number of para-hydroxylation sites is 2. The first kappa shape index (κ1) is 12.2. The molecule has 0 unspecified atom stereocenters. The molecule has 1 aliphatic rings. The van der Waals surface area contributed by atoms with Gasteiger partial charge in [0.2, 0.25) is 0 Å². The van der Waals surface area contributed by atoms with Crippen LogP contribution in [0.1, 0.15) is 0 Å². The summed E-state index contributed by atoms with van der Waals surface area (Å²) in [6, 6.07) is 6.21. The zero-order valence-electron chi connectivity index (χ0n) is 9.17. The molecular weight excluding hydrogens is 244 g/mol. The maximum Gasteiger partial charge on any atom is 0.301 e. The van der Waals surface area contributed by atoms with E-state index in [0.29, 0.717) is 26.3 Å². The van der Waals surface area contributed by atoms with E-state index >= 15 is 0 Å². The average Bonchev–Trinajstić information content (AvgIpc) is 2.33. The Labute approximate surface area is 100.0 Å². The van der Waals surface area contributed by atoms with Crippen molar-refractivity contribution in [3.05, 3.63) is 24.3 Å². The quantitative estimate of drug-likeness (QED) is 0.768. The monoisotopic (exact) mass is 258 g/mol. The molecule has 0 amide bonds. The van der Waals surface area contributed by atoms with Crippen LogP contribution in [0.5, 0.6) is 5.75 Å². The topological polar surface area (TPSA) is 78.9 Å². The summed E-state index contributed by atoms with van der Waals surface area (Å²) >= 11 is 0. The van der Waals surface area contributed by atoms with Crippen LogP contribution in [-0.2, 0) is 14.9 Å². The lowest BCUT2D eigenvalue weighted by Crippen LogP contribution is -2.43. The van der Waals surface area contributed by atoms with Crippen molar-refractivity contribution in [3.63, 3.8) is 0 Å². The molecule has 0 atom stereocenters. The molecule has 94 valence electrons. The molecule has 1 fully saturated rings. The van der Waals surface area contributed by atoms with Crippen LogP contribution in [0.2, 0.25) is 0 Å². The van der Waals surface area contributed by atoms with Crippen molar-refractivity contribution in [2.45, 2.75) is 0 Å². The lowest BCUT2D eigenvalue weighted by Gasteiger charge is -2.26. The zero-order chi connectivity index (χ0) is 12.3. The number of benzene rings is 1. The molecular formula is C10H14N2O4S. The first-order valence-corrected chi connectivity index (χ1v) is 6.67. The van der Waals surface area contributed by atoms with Gasteiger partial charge >= 0.3 is 10.2 Å². The van der Waals surface area contributed by atoms with E-state index in [1.807, 2.05) is 0 Å². The Kier molecular flexibility index (Phi) is 3.51. The van der Waals surface area contributed by atoms with E-state index in [1.54, 1.807) is 12.1 Å². The molecule has 6 nitrogen and oxygen atoms in total. The van der Waals surface area contributed by atoms with Gasteiger partial charge in [-0.2, -0.15) is 12.7 Å². The Morgan fingerprint density at radius 2 is 1.88 bits per heavy atom. The molecule has 0 spiro atoms. The van der Waals surface area contributed by atoms with Gasteiger partial charge in [-0.3, -0.25) is 4.72 Å². The van der Waals surface area contributed by atoms with Gasteiger partial charge in [-0.25, -0.2) is 0 Å². The van der Waals surface area contributed by atoms with Crippen molar-refractivity contribution in [2.75, 3.05) is 31.0 Å². The lowest BCUT2D eigenvalue weighted by molar-refractivity contribution is 0.0733. The van der Waals surface area contributed by atoms with Crippen LogP contribution in [0.4, 0.5) is 5.69 Å². The largest absolute Gasteiger partial charge is 0.506 e. The van der Waals surface area contributed by atoms with Crippen molar-refractivity contribution in [1.82, 2.24) is 4.31 Å². The lowest BCUT2D eigenvalue weighted by atomic mass is 10.3. The van der Waals surface area contributed by atoms with Gasteiger partial charge in [-0.05, 0) is 12.1 Å². The summed E-state index contributed by atoms with van der Waals surface area (Å²) in [7, 11) is -3.62. The van der Waals surface area contributed by atoms with E-state index in [0.717, 1.165) is 0 Å². The van der Waals surface area contributed by atoms with Gasteiger partial charge in [0.15, 0.2) is 0 Å². The Balaban J connectivity index is 2.14. The van der Waals surface area contributed by atoms with Crippen molar-refractivity contribution < 1.29 is 18.3 Å². The van der Waals surface area contributed by atoms with Crippen molar-refractivity contribution in [1.29, 1.82) is 0 Å². The predicted octanol–water partition coefficient (Wildman–Crippen LogP) is 0.381. The van der Waals surface area contributed by atoms with Gasteiger partial charge in [-0.1, -0.05) is 12.1 Å². The number of anilines is 1. The van der Waals surface area contributed by atoms with Crippen LogP contribution in [0.25, 0.3) is 0 Å². The summed E-state index contributed by atoms with van der Waals surface area (Å²) in [4.78, 5) is 0. The normalized spacial score (nSPS) is 17.9. The summed E-state index contributed by atoms with van der Waals surface area (Å²) in [5.74, 6) is -0.0932. The molecule has 0 saturated carbocycles. The molecule has 0 radical (unpaired) electrons. The number of nitrogens with one attached hydrogen (secondary N) is 1. The third-order valence-corrected chi connectivity index (χ3v) is 3.98. The molecule has 2 N–H and O–H groups in total. The zero-order valence-corrected chi connectivity index (χ0v) is 9.98. The SMILES string of the molecule is O=S(=O)(Nc1ccccc1O)N1CCOCC1. The first-order chi connectivity index (χ1) is 8.09. The van der Waals surface area contributed by atoms with Crippen molar-refractivity contribution in [3.8, 4) is 5.75 Å². The van der Waals surface area contributed by atoms with E-state index in [-0.39, 0.29) is 11.4 Å². The molecule has 1 aromatic rings. The minimum Gasteiger partial charge on any atom is -0.506 e. The number of hydrogen-bond acceptors (Lipinski definition) is 4. The highest BCUT2D eigenvalue weighted by molar-refractivity contribution is 7.90. The van der Waals surface area contributed by atoms with Crippen molar-refractivity contribution >= 4 is 15.9 Å². The van der Waals surface area contributed by atoms with Gasteiger partial charge in [0, 0.05) is 13.1 Å². The molecule has 1 aromatic carbocycles. The number of phenolic OH excluding ortho intramolecular Hbond substituents is 1. The predicted molar refractivity (Wildman–Crippen MR) is 63.0 cm³/mol. The fourth-order valence-electron chi connectivity index (χ4n) is 1.55.